The first-order chi connectivity index (χ1) is 14.2. The van der Waals surface area contributed by atoms with Gasteiger partial charge in [-0.1, -0.05) is 19.9 Å². The predicted octanol–water partition coefficient (Wildman–Crippen LogP) is 1.52. The molecule has 0 saturated carbocycles. The van der Waals surface area contributed by atoms with E-state index >= 15 is 0 Å². The van der Waals surface area contributed by atoms with Crippen LogP contribution in [0.15, 0.2) is 29.3 Å². The Labute approximate surface area is 178 Å². The zero-order valence-electron chi connectivity index (χ0n) is 17.9. The van der Waals surface area contributed by atoms with Gasteiger partial charge >= 0.3 is 0 Å². The molecule has 1 atom stereocenters. The van der Waals surface area contributed by atoms with Crippen LogP contribution in [-0.2, 0) is 23.1 Å². The van der Waals surface area contributed by atoms with Crippen molar-refractivity contribution in [2.45, 2.75) is 44.9 Å². The van der Waals surface area contributed by atoms with E-state index in [1.165, 1.54) is 0 Å². The lowest BCUT2D eigenvalue weighted by Gasteiger charge is -2.44. The number of anilines is 2. The van der Waals surface area contributed by atoms with E-state index in [0.717, 1.165) is 23.2 Å². The van der Waals surface area contributed by atoms with Crippen LogP contribution in [0.3, 0.4) is 0 Å². The summed E-state index contributed by atoms with van der Waals surface area (Å²) >= 11 is 0. The Balaban J connectivity index is 1.90. The molecule has 0 amide bonds. The Bertz CT molecular complexity index is 1010. The van der Waals surface area contributed by atoms with Gasteiger partial charge in [-0.15, -0.1) is 0 Å². The van der Waals surface area contributed by atoms with Gasteiger partial charge < -0.3 is 20.0 Å². The number of aliphatic hydroxyl groups excluding tert-OH is 2. The highest BCUT2D eigenvalue weighted by atomic mass is 32.2. The highest BCUT2D eigenvalue weighted by molar-refractivity contribution is 7.90. The number of hydrogen-bond acceptors (Lipinski definition) is 8. The van der Waals surface area contributed by atoms with Crippen LogP contribution in [0.2, 0.25) is 0 Å². The largest absolute Gasteiger partial charge is 0.392 e. The summed E-state index contributed by atoms with van der Waals surface area (Å²) in [7, 11) is -3.44. The maximum absolute atomic E-state index is 12.2. The summed E-state index contributed by atoms with van der Waals surface area (Å²) < 4.78 is 24.3. The van der Waals surface area contributed by atoms with Gasteiger partial charge in [0.2, 0.25) is 5.95 Å². The van der Waals surface area contributed by atoms with Gasteiger partial charge in [0.15, 0.2) is 9.84 Å². The van der Waals surface area contributed by atoms with Crippen molar-refractivity contribution in [2.24, 2.45) is 5.92 Å². The van der Waals surface area contributed by atoms with Gasteiger partial charge in [0, 0.05) is 49.0 Å². The van der Waals surface area contributed by atoms with Crippen LogP contribution in [0, 0.1) is 12.8 Å². The van der Waals surface area contributed by atoms with Crippen molar-refractivity contribution in [3.05, 3.63) is 41.2 Å². The molecule has 1 saturated heterocycles. The molecule has 1 aromatic heterocycles. The topological polar surface area (TPSA) is 107 Å². The maximum Gasteiger partial charge on any atom is 0.225 e. The Kier molecular flexibility index (Phi) is 6.64. The smallest absolute Gasteiger partial charge is 0.225 e. The number of benzene rings is 1. The standard InChI is InChI=1S/C21H30N4O4S/c1-14(2)19-11-24(18-6-5-16(12-26)20(9-18)30(4,28)29)7-8-25(19)21-22-10-17(13-27)15(3)23-21/h5-6,9-10,14,19,26-27H,7-8,11-13H2,1-4H3/t19-/m0/s1. The van der Waals surface area contributed by atoms with E-state index in [0.29, 0.717) is 37.1 Å². The summed E-state index contributed by atoms with van der Waals surface area (Å²) in [6, 6.07) is 5.34. The third kappa shape index (κ3) is 4.58. The zero-order valence-corrected chi connectivity index (χ0v) is 18.7. The molecule has 164 valence electrons. The molecular formula is C21H30N4O4S. The number of hydrogen-bond donors (Lipinski definition) is 2. The SMILES string of the molecule is Cc1nc(N2CCN(c3ccc(CO)c(S(C)(=O)=O)c3)C[C@H]2C(C)C)ncc1CO. The number of rotatable bonds is 6. The predicted molar refractivity (Wildman–Crippen MR) is 116 cm³/mol. The second-order valence-electron chi connectivity index (χ2n) is 8.11. The molecule has 0 unspecified atom stereocenters. The molecule has 2 heterocycles. The van der Waals surface area contributed by atoms with Crippen LogP contribution in [0.1, 0.15) is 30.7 Å². The molecule has 30 heavy (non-hydrogen) atoms. The van der Waals surface area contributed by atoms with Crippen molar-refractivity contribution in [2.75, 3.05) is 35.7 Å². The lowest BCUT2D eigenvalue weighted by Crippen LogP contribution is -2.56. The molecule has 2 aromatic rings. The fraction of sp³-hybridized carbons (Fsp3) is 0.524. The monoisotopic (exact) mass is 434 g/mol. The fourth-order valence-corrected chi connectivity index (χ4v) is 4.80. The second kappa shape index (κ2) is 8.87. The van der Waals surface area contributed by atoms with E-state index in [1.807, 2.05) is 13.0 Å². The first kappa shape index (κ1) is 22.5. The molecule has 1 aromatic carbocycles. The van der Waals surface area contributed by atoms with Crippen LogP contribution in [0.25, 0.3) is 0 Å². The van der Waals surface area contributed by atoms with Crippen LogP contribution in [0.4, 0.5) is 11.6 Å². The van der Waals surface area contributed by atoms with Crippen LogP contribution < -0.4 is 9.80 Å². The number of aromatic nitrogens is 2. The lowest BCUT2D eigenvalue weighted by molar-refractivity contribution is 0.278. The Morgan fingerprint density at radius 3 is 2.43 bits per heavy atom. The third-order valence-electron chi connectivity index (χ3n) is 5.67. The first-order valence-corrected chi connectivity index (χ1v) is 11.9. The Hall–Kier alpha value is -2.23. The summed E-state index contributed by atoms with van der Waals surface area (Å²) in [5.74, 6) is 0.968. The molecule has 1 aliphatic heterocycles. The first-order valence-electron chi connectivity index (χ1n) is 10.0. The molecule has 2 N–H and O–H groups in total. The van der Waals surface area contributed by atoms with Gasteiger partial charge in [-0.05, 0) is 30.5 Å². The number of aliphatic hydroxyl groups is 2. The van der Waals surface area contributed by atoms with Gasteiger partial charge in [0.05, 0.1) is 24.2 Å². The molecule has 1 fully saturated rings. The Morgan fingerprint density at radius 2 is 1.87 bits per heavy atom. The molecule has 3 rings (SSSR count). The number of sulfone groups is 1. The van der Waals surface area contributed by atoms with Gasteiger partial charge in [0.25, 0.3) is 0 Å². The molecule has 0 bridgehead atoms. The summed E-state index contributed by atoms with van der Waals surface area (Å²) in [6.45, 7) is 7.84. The molecule has 0 aliphatic carbocycles. The summed E-state index contributed by atoms with van der Waals surface area (Å²) in [5, 5.41) is 18.9. The third-order valence-corrected chi connectivity index (χ3v) is 6.85. The molecule has 1 aliphatic rings. The van der Waals surface area contributed by atoms with Crippen molar-refractivity contribution in [1.29, 1.82) is 0 Å². The lowest BCUT2D eigenvalue weighted by atomic mass is 9.99. The number of aryl methyl sites for hydroxylation is 1. The van der Waals surface area contributed by atoms with Crippen LogP contribution in [0.5, 0.6) is 0 Å². The molecular weight excluding hydrogens is 404 g/mol. The number of piperazine rings is 1. The van der Waals surface area contributed by atoms with E-state index in [1.54, 1.807) is 18.3 Å². The van der Waals surface area contributed by atoms with E-state index in [2.05, 4.69) is 33.6 Å². The van der Waals surface area contributed by atoms with Gasteiger partial charge in [-0.25, -0.2) is 18.4 Å². The van der Waals surface area contributed by atoms with Crippen molar-refractivity contribution in [3.63, 3.8) is 0 Å². The quantitative estimate of drug-likeness (QED) is 0.705. The zero-order chi connectivity index (χ0) is 22.1. The summed E-state index contributed by atoms with van der Waals surface area (Å²) in [5.41, 5.74) is 2.72. The van der Waals surface area contributed by atoms with Crippen molar-refractivity contribution in [1.82, 2.24) is 9.97 Å². The van der Waals surface area contributed by atoms with Crippen LogP contribution in [-0.4, -0.2) is 60.5 Å². The van der Waals surface area contributed by atoms with E-state index < -0.39 is 9.84 Å². The fourth-order valence-electron chi connectivity index (χ4n) is 3.85. The molecule has 0 radical (unpaired) electrons. The van der Waals surface area contributed by atoms with E-state index in [-0.39, 0.29) is 24.2 Å². The summed E-state index contributed by atoms with van der Waals surface area (Å²) in [4.78, 5) is 13.6. The van der Waals surface area contributed by atoms with Crippen molar-refractivity contribution < 1.29 is 18.6 Å². The summed E-state index contributed by atoms with van der Waals surface area (Å²) in [6.07, 6.45) is 2.84. The minimum Gasteiger partial charge on any atom is -0.392 e. The Morgan fingerprint density at radius 1 is 1.17 bits per heavy atom. The number of nitrogens with zero attached hydrogens (tertiary/aromatic N) is 4. The minimum atomic E-state index is -3.44. The molecule has 8 nitrogen and oxygen atoms in total. The highest BCUT2D eigenvalue weighted by Crippen LogP contribution is 2.29. The van der Waals surface area contributed by atoms with E-state index in [9.17, 15) is 18.6 Å². The van der Waals surface area contributed by atoms with E-state index in [4.69, 9.17) is 0 Å². The van der Waals surface area contributed by atoms with Crippen molar-refractivity contribution in [3.8, 4) is 0 Å². The van der Waals surface area contributed by atoms with Crippen molar-refractivity contribution >= 4 is 21.5 Å². The van der Waals surface area contributed by atoms with Gasteiger partial charge in [-0.2, -0.15) is 0 Å². The van der Waals surface area contributed by atoms with Gasteiger partial charge in [0.1, 0.15) is 0 Å². The average Bonchev–Trinajstić information content (AvgIpc) is 2.72. The minimum absolute atomic E-state index is 0.0833. The normalized spacial score (nSPS) is 17.6. The van der Waals surface area contributed by atoms with Crippen LogP contribution >= 0.6 is 0 Å². The molecule has 0 spiro atoms. The van der Waals surface area contributed by atoms with Gasteiger partial charge in [-0.3, -0.25) is 0 Å². The average molecular weight is 435 g/mol. The second-order valence-corrected chi connectivity index (χ2v) is 10.1. The highest BCUT2D eigenvalue weighted by Gasteiger charge is 2.31. The maximum atomic E-state index is 12.2. The molecule has 9 heteroatoms.